The molecule has 71 heavy (non-hydrogen) atoms. The van der Waals surface area contributed by atoms with Gasteiger partial charge in [0.2, 0.25) is 5.91 Å². The zero-order chi connectivity index (χ0) is 52.2. The van der Waals surface area contributed by atoms with Crippen LogP contribution in [0, 0.1) is 0 Å². The number of hydrogen-bond acceptors (Lipinski definition) is 6. The first-order valence-corrected chi connectivity index (χ1v) is 30.1. The standard InChI is InChI=1S/C61H107N2O7P/c1-7-10-13-16-19-22-25-28-30-31-32-33-34-36-39-42-45-48-51-54-61(65)70-59(52-49-46-43-40-37-27-24-21-18-15-12-9-3)58(57-69-71(66,67)68-56-55-63(4,5)6)62-60(64)53-50-47-44-41-38-35-29-26-23-20-17-14-11-8-2/h10,13,19,22,28,30,32-33,35-36,38-39,45,48-49,52,58-59H,7-9,11-12,14-18,20-21,23-27,29,31,34,37,40-44,46-47,50-51,53-57H2,1-6H3,(H-,62,64,66,67)/p+1/b13-10-,22-19-,30-28-,33-32-,38-35-,39-36-,48-45-,52-49+. The van der Waals surface area contributed by atoms with E-state index in [-0.39, 0.29) is 25.5 Å². The van der Waals surface area contributed by atoms with Gasteiger partial charge in [-0.05, 0) is 96.0 Å². The zero-order valence-electron chi connectivity index (χ0n) is 46.4. The number of phosphoric acid groups is 1. The minimum absolute atomic E-state index is 0.0222. The summed E-state index contributed by atoms with van der Waals surface area (Å²) in [4.78, 5) is 37.5. The molecule has 3 atom stereocenters. The number of esters is 1. The molecule has 0 aliphatic rings. The van der Waals surface area contributed by atoms with Crippen molar-refractivity contribution in [1.82, 2.24) is 5.32 Å². The molecule has 0 saturated carbocycles. The number of quaternary nitrogens is 1. The second-order valence-corrected chi connectivity index (χ2v) is 21.5. The summed E-state index contributed by atoms with van der Waals surface area (Å²) in [5.74, 6) is -0.627. The van der Waals surface area contributed by atoms with E-state index in [0.717, 1.165) is 83.5 Å². The van der Waals surface area contributed by atoms with Gasteiger partial charge in [-0.15, -0.1) is 0 Å². The number of nitrogens with zero attached hydrogens (tertiary/aromatic N) is 1. The van der Waals surface area contributed by atoms with E-state index < -0.39 is 25.9 Å². The number of ether oxygens (including phenoxy) is 1. The second-order valence-electron chi connectivity index (χ2n) is 20.1. The number of phosphoric ester groups is 1. The minimum atomic E-state index is -4.47. The van der Waals surface area contributed by atoms with Gasteiger partial charge in [0.25, 0.3) is 0 Å². The van der Waals surface area contributed by atoms with Gasteiger partial charge in [-0.25, -0.2) is 4.57 Å². The monoisotopic (exact) mass is 1010 g/mol. The van der Waals surface area contributed by atoms with Gasteiger partial charge in [-0.1, -0.05) is 215 Å². The van der Waals surface area contributed by atoms with E-state index >= 15 is 0 Å². The molecule has 3 unspecified atom stereocenters. The summed E-state index contributed by atoms with van der Waals surface area (Å²) in [5, 5.41) is 3.01. The molecule has 1 amide bonds. The van der Waals surface area contributed by atoms with Crippen LogP contribution in [-0.4, -0.2) is 74.3 Å². The maximum atomic E-state index is 13.5. The van der Waals surface area contributed by atoms with Crippen molar-refractivity contribution in [3.8, 4) is 0 Å². The Morgan fingerprint density at radius 1 is 0.507 bits per heavy atom. The molecule has 408 valence electrons. The predicted octanol–water partition coefficient (Wildman–Crippen LogP) is 17.2. The fourth-order valence-electron chi connectivity index (χ4n) is 7.61. The molecular formula is C61H108N2O7P+. The molecule has 0 aromatic rings. The van der Waals surface area contributed by atoms with Gasteiger partial charge < -0.3 is 19.4 Å². The number of unbranched alkanes of at least 4 members (excludes halogenated alkanes) is 20. The lowest BCUT2D eigenvalue weighted by Gasteiger charge is -2.27. The highest BCUT2D eigenvalue weighted by molar-refractivity contribution is 7.47. The molecule has 10 heteroatoms. The number of carbonyl (C=O) groups excluding carboxylic acids is 2. The van der Waals surface area contributed by atoms with Crippen LogP contribution in [0.2, 0.25) is 0 Å². The Balaban J connectivity index is 5.50. The molecule has 0 aromatic heterocycles. The Bertz CT molecular complexity index is 1540. The summed E-state index contributed by atoms with van der Waals surface area (Å²) in [6.07, 6.45) is 67.0. The largest absolute Gasteiger partial charge is 0.472 e. The van der Waals surface area contributed by atoms with E-state index in [1.807, 2.05) is 45.4 Å². The van der Waals surface area contributed by atoms with Crippen LogP contribution in [0.1, 0.15) is 226 Å². The first-order valence-electron chi connectivity index (χ1n) is 28.6. The molecule has 0 rings (SSSR count). The number of amides is 1. The maximum absolute atomic E-state index is 13.5. The van der Waals surface area contributed by atoms with Crippen molar-refractivity contribution in [3.63, 3.8) is 0 Å². The number of allylic oxidation sites excluding steroid dienone is 15. The van der Waals surface area contributed by atoms with Gasteiger partial charge >= 0.3 is 13.8 Å². The third-order valence-electron chi connectivity index (χ3n) is 12.0. The Hall–Kier alpha value is -3.07. The van der Waals surface area contributed by atoms with E-state index in [4.69, 9.17) is 13.8 Å². The number of hydrogen-bond donors (Lipinski definition) is 2. The SMILES string of the molecule is CC/C=C\C/C=C\C/C=C\C/C=C\C/C=C\C/C=C\CCC(=O)OC(/C=C/CCCCCCCCCCCC)C(COP(=O)(O)OCC[N+](C)(C)C)NC(=O)CCCCC/C=C\CCCCCCCCC. The Labute approximate surface area is 437 Å². The molecule has 0 saturated heterocycles. The van der Waals surface area contributed by atoms with Gasteiger partial charge in [-0.3, -0.25) is 18.6 Å². The van der Waals surface area contributed by atoms with Crippen LogP contribution in [-0.2, 0) is 27.9 Å². The number of nitrogens with one attached hydrogen (secondary N) is 1. The predicted molar refractivity (Wildman–Crippen MR) is 304 cm³/mol. The maximum Gasteiger partial charge on any atom is 0.472 e. The molecule has 0 heterocycles. The highest BCUT2D eigenvalue weighted by atomic mass is 31.2. The smallest absolute Gasteiger partial charge is 0.456 e. The third-order valence-corrected chi connectivity index (χ3v) is 13.0. The van der Waals surface area contributed by atoms with E-state index in [9.17, 15) is 19.0 Å². The Morgan fingerprint density at radius 2 is 0.915 bits per heavy atom. The Morgan fingerprint density at radius 3 is 1.38 bits per heavy atom. The summed E-state index contributed by atoms with van der Waals surface area (Å²) in [6, 6.07) is -0.890. The van der Waals surface area contributed by atoms with Crippen molar-refractivity contribution in [2.75, 3.05) is 40.9 Å². The van der Waals surface area contributed by atoms with Gasteiger partial charge in [0.1, 0.15) is 19.3 Å². The van der Waals surface area contributed by atoms with Crippen molar-refractivity contribution in [2.45, 2.75) is 238 Å². The molecule has 0 fully saturated rings. The van der Waals surface area contributed by atoms with Gasteiger partial charge in [0.15, 0.2) is 0 Å². The summed E-state index contributed by atoms with van der Waals surface area (Å²) in [6.45, 7) is 6.81. The highest BCUT2D eigenvalue weighted by Crippen LogP contribution is 2.43. The van der Waals surface area contributed by atoms with Crippen LogP contribution in [0.15, 0.2) is 97.2 Å². The number of rotatable bonds is 50. The topological polar surface area (TPSA) is 111 Å². The van der Waals surface area contributed by atoms with Crippen LogP contribution < -0.4 is 5.32 Å². The van der Waals surface area contributed by atoms with Crippen LogP contribution in [0.5, 0.6) is 0 Å². The van der Waals surface area contributed by atoms with E-state index in [1.165, 1.54) is 96.3 Å². The first-order chi connectivity index (χ1) is 34.4. The summed E-state index contributed by atoms with van der Waals surface area (Å²) in [5.41, 5.74) is 0. The van der Waals surface area contributed by atoms with Crippen LogP contribution in [0.3, 0.4) is 0 Å². The van der Waals surface area contributed by atoms with Crippen molar-refractivity contribution < 1.29 is 37.3 Å². The first kappa shape index (κ1) is 67.9. The quantitative estimate of drug-likeness (QED) is 0.0205. The molecule has 0 aromatic carbocycles. The fourth-order valence-corrected chi connectivity index (χ4v) is 8.34. The lowest BCUT2D eigenvalue weighted by atomic mass is 10.1. The van der Waals surface area contributed by atoms with Crippen LogP contribution >= 0.6 is 7.82 Å². The van der Waals surface area contributed by atoms with Crippen molar-refractivity contribution in [1.29, 1.82) is 0 Å². The summed E-state index contributed by atoms with van der Waals surface area (Å²) >= 11 is 0. The fraction of sp³-hybridized carbons (Fsp3) is 0.705. The van der Waals surface area contributed by atoms with E-state index in [1.54, 1.807) is 0 Å². The molecule has 9 nitrogen and oxygen atoms in total. The minimum Gasteiger partial charge on any atom is -0.456 e. The molecule has 0 radical (unpaired) electrons. The van der Waals surface area contributed by atoms with Crippen molar-refractivity contribution in [2.24, 2.45) is 0 Å². The highest BCUT2D eigenvalue weighted by Gasteiger charge is 2.30. The van der Waals surface area contributed by atoms with Crippen molar-refractivity contribution in [3.05, 3.63) is 97.2 Å². The Kier molecular flexibility index (Phi) is 48.3. The van der Waals surface area contributed by atoms with Gasteiger partial charge in [0, 0.05) is 12.8 Å². The average molecular weight is 1010 g/mol. The second kappa shape index (κ2) is 50.5. The molecule has 0 aliphatic carbocycles. The van der Waals surface area contributed by atoms with Crippen molar-refractivity contribution >= 4 is 19.7 Å². The average Bonchev–Trinajstić information content (AvgIpc) is 3.33. The zero-order valence-corrected chi connectivity index (χ0v) is 47.3. The van der Waals surface area contributed by atoms with Crippen LogP contribution in [0.4, 0.5) is 0 Å². The molecule has 2 N–H and O–H groups in total. The summed E-state index contributed by atoms with van der Waals surface area (Å²) in [7, 11) is 1.44. The summed E-state index contributed by atoms with van der Waals surface area (Å²) < 4.78 is 30.5. The molecule has 0 bridgehead atoms. The van der Waals surface area contributed by atoms with E-state index in [2.05, 4.69) is 99.0 Å². The molecular weight excluding hydrogens is 904 g/mol. The lowest BCUT2D eigenvalue weighted by molar-refractivity contribution is -0.870. The van der Waals surface area contributed by atoms with E-state index in [0.29, 0.717) is 30.3 Å². The molecule has 0 aliphatic heterocycles. The van der Waals surface area contributed by atoms with Crippen LogP contribution in [0.25, 0.3) is 0 Å². The van der Waals surface area contributed by atoms with Gasteiger partial charge in [-0.2, -0.15) is 0 Å². The number of carbonyl (C=O) groups is 2. The normalized spacial score (nSPS) is 14.5. The van der Waals surface area contributed by atoms with Gasteiger partial charge in [0.05, 0.1) is 33.8 Å². The lowest BCUT2D eigenvalue weighted by Crippen LogP contribution is -2.47. The third kappa shape index (κ3) is 51.6. The number of likely N-dealkylation sites (N-methyl/N-ethyl adjacent to an activating group) is 1. The molecule has 0 spiro atoms.